The van der Waals surface area contributed by atoms with Crippen molar-refractivity contribution in [1.82, 2.24) is 9.78 Å². The lowest BCUT2D eigenvalue weighted by Crippen LogP contribution is -2.29. The molecule has 0 atom stereocenters. The molecule has 1 heterocycles. The molecular weight excluding hydrogens is 428 g/mol. The van der Waals surface area contributed by atoms with E-state index in [1.807, 2.05) is 24.3 Å². The Hall–Kier alpha value is -3.33. The van der Waals surface area contributed by atoms with Gasteiger partial charge >= 0.3 is 0 Å². The Balaban J connectivity index is 1.82. The molecule has 0 radical (unpaired) electrons. The van der Waals surface area contributed by atoms with Crippen LogP contribution in [0, 0.1) is 17.0 Å². The van der Waals surface area contributed by atoms with Crippen molar-refractivity contribution in [2.75, 3.05) is 5.32 Å². The highest BCUT2D eigenvalue weighted by atomic mass is 79.9. The molecule has 0 aliphatic heterocycles. The standard InChI is InChI=1S/C19H15BrN4O4/c1-12-2-7-15(24(27)28)10-17(12)21-18(25)11-23-19(26)9-8-16(22-23)13-3-5-14(20)6-4-13/h2-10H,11H2,1H3,(H,21,25). The number of aromatic nitrogens is 2. The maximum Gasteiger partial charge on any atom is 0.271 e. The van der Waals surface area contributed by atoms with Crippen LogP contribution in [0.15, 0.2) is 63.9 Å². The summed E-state index contributed by atoms with van der Waals surface area (Å²) in [5, 5.41) is 17.8. The fourth-order valence-electron chi connectivity index (χ4n) is 2.52. The number of non-ortho nitro benzene ring substituents is 1. The highest BCUT2D eigenvalue weighted by molar-refractivity contribution is 9.10. The number of nitro groups is 1. The molecule has 2 aromatic carbocycles. The van der Waals surface area contributed by atoms with Crippen LogP contribution in [-0.4, -0.2) is 20.6 Å². The lowest BCUT2D eigenvalue weighted by Gasteiger charge is -2.10. The zero-order valence-electron chi connectivity index (χ0n) is 14.8. The number of nitrogens with zero attached hydrogens (tertiary/aromatic N) is 3. The van der Waals surface area contributed by atoms with Crippen LogP contribution in [0.3, 0.4) is 0 Å². The maximum absolute atomic E-state index is 12.4. The first-order chi connectivity index (χ1) is 13.3. The lowest BCUT2D eigenvalue weighted by molar-refractivity contribution is -0.384. The number of rotatable bonds is 5. The Morgan fingerprint density at radius 2 is 1.89 bits per heavy atom. The lowest BCUT2D eigenvalue weighted by atomic mass is 10.1. The summed E-state index contributed by atoms with van der Waals surface area (Å²) in [6.45, 7) is 1.41. The molecule has 28 heavy (non-hydrogen) atoms. The summed E-state index contributed by atoms with van der Waals surface area (Å²) in [6, 6.07) is 14.5. The van der Waals surface area contributed by atoms with Crippen molar-refractivity contribution in [2.45, 2.75) is 13.5 Å². The monoisotopic (exact) mass is 442 g/mol. The molecule has 142 valence electrons. The molecule has 1 N–H and O–H groups in total. The molecular formula is C19H15BrN4O4. The zero-order chi connectivity index (χ0) is 20.3. The number of carbonyl (C=O) groups is 1. The zero-order valence-corrected chi connectivity index (χ0v) is 16.3. The van der Waals surface area contributed by atoms with E-state index in [1.54, 1.807) is 19.1 Å². The van der Waals surface area contributed by atoms with Crippen LogP contribution < -0.4 is 10.9 Å². The van der Waals surface area contributed by atoms with Crippen molar-refractivity contribution < 1.29 is 9.72 Å². The van der Waals surface area contributed by atoms with Gasteiger partial charge in [0.25, 0.3) is 11.2 Å². The van der Waals surface area contributed by atoms with Gasteiger partial charge in [-0.1, -0.05) is 34.1 Å². The van der Waals surface area contributed by atoms with Crippen LogP contribution in [0.1, 0.15) is 5.56 Å². The summed E-state index contributed by atoms with van der Waals surface area (Å²) >= 11 is 3.36. The minimum Gasteiger partial charge on any atom is -0.324 e. The summed E-state index contributed by atoms with van der Waals surface area (Å²) in [5.74, 6) is -0.508. The number of carbonyl (C=O) groups excluding carboxylic acids is 1. The smallest absolute Gasteiger partial charge is 0.271 e. The number of anilines is 1. The predicted octanol–water partition coefficient (Wildman–Crippen LogP) is 3.53. The number of halogens is 1. The average Bonchev–Trinajstić information content (AvgIpc) is 2.66. The highest BCUT2D eigenvalue weighted by Gasteiger charge is 2.13. The normalized spacial score (nSPS) is 10.5. The van der Waals surface area contributed by atoms with Gasteiger partial charge in [-0.2, -0.15) is 5.10 Å². The van der Waals surface area contributed by atoms with Crippen molar-refractivity contribution in [2.24, 2.45) is 0 Å². The number of hydrogen-bond acceptors (Lipinski definition) is 5. The Morgan fingerprint density at radius 1 is 1.18 bits per heavy atom. The molecule has 0 unspecified atom stereocenters. The topological polar surface area (TPSA) is 107 Å². The second-order valence-corrected chi connectivity index (χ2v) is 6.94. The van der Waals surface area contributed by atoms with E-state index in [0.717, 1.165) is 14.7 Å². The van der Waals surface area contributed by atoms with Crippen molar-refractivity contribution in [3.63, 3.8) is 0 Å². The number of nitrogens with one attached hydrogen (secondary N) is 1. The third-order valence-electron chi connectivity index (χ3n) is 4.01. The molecule has 3 rings (SSSR count). The molecule has 9 heteroatoms. The van der Waals surface area contributed by atoms with E-state index in [0.29, 0.717) is 16.9 Å². The molecule has 0 fully saturated rings. The van der Waals surface area contributed by atoms with Crippen molar-refractivity contribution in [3.05, 3.63) is 85.1 Å². The van der Waals surface area contributed by atoms with Gasteiger partial charge in [-0.25, -0.2) is 4.68 Å². The Bertz CT molecular complexity index is 1110. The van der Waals surface area contributed by atoms with Crippen LogP contribution >= 0.6 is 15.9 Å². The summed E-state index contributed by atoms with van der Waals surface area (Å²) in [6.07, 6.45) is 0. The largest absolute Gasteiger partial charge is 0.324 e. The fraction of sp³-hybridized carbons (Fsp3) is 0.105. The van der Waals surface area contributed by atoms with Crippen molar-refractivity contribution >= 4 is 33.2 Å². The minimum atomic E-state index is -0.539. The van der Waals surface area contributed by atoms with Crippen molar-refractivity contribution in [3.8, 4) is 11.3 Å². The molecule has 0 saturated carbocycles. The van der Waals surface area contributed by atoms with E-state index in [9.17, 15) is 19.7 Å². The number of nitro benzene ring substituents is 1. The first-order valence-corrected chi connectivity index (χ1v) is 9.02. The second-order valence-electron chi connectivity index (χ2n) is 6.03. The maximum atomic E-state index is 12.4. The minimum absolute atomic E-state index is 0.131. The van der Waals surface area contributed by atoms with E-state index in [1.165, 1.54) is 18.2 Å². The van der Waals surface area contributed by atoms with E-state index in [-0.39, 0.29) is 12.2 Å². The van der Waals surface area contributed by atoms with Crippen LogP contribution in [0.25, 0.3) is 11.3 Å². The van der Waals surface area contributed by atoms with Gasteiger partial charge in [0.2, 0.25) is 5.91 Å². The molecule has 0 aliphatic carbocycles. The number of benzene rings is 2. The van der Waals surface area contributed by atoms with Gasteiger partial charge in [0.15, 0.2) is 0 Å². The molecule has 8 nitrogen and oxygen atoms in total. The summed E-state index contributed by atoms with van der Waals surface area (Å²) < 4.78 is 1.97. The number of aryl methyl sites for hydroxylation is 1. The SMILES string of the molecule is Cc1ccc([N+](=O)[O-])cc1NC(=O)Cn1nc(-c2ccc(Br)cc2)ccc1=O. The van der Waals surface area contributed by atoms with E-state index < -0.39 is 16.4 Å². The van der Waals surface area contributed by atoms with Gasteiger partial charge in [-0.05, 0) is 30.7 Å². The molecule has 1 amide bonds. The number of amides is 1. The summed E-state index contributed by atoms with van der Waals surface area (Å²) in [5.41, 5.74) is 1.78. The predicted molar refractivity (Wildman–Crippen MR) is 108 cm³/mol. The third-order valence-corrected chi connectivity index (χ3v) is 4.53. The molecule has 0 spiro atoms. The molecule has 1 aromatic heterocycles. The van der Waals surface area contributed by atoms with Crippen LogP contribution in [0.5, 0.6) is 0 Å². The van der Waals surface area contributed by atoms with Gasteiger partial charge in [0.05, 0.1) is 16.3 Å². The van der Waals surface area contributed by atoms with E-state index in [2.05, 4.69) is 26.3 Å². The van der Waals surface area contributed by atoms with E-state index in [4.69, 9.17) is 0 Å². The summed E-state index contributed by atoms with van der Waals surface area (Å²) in [7, 11) is 0. The van der Waals surface area contributed by atoms with Gasteiger partial charge in [-0.3, -0.25) is 19.7 Å². The van der Waals surface area contributed by atoms with Crippen molar-refractivity contribution in [1.29, 1.82) is 0 Å². The second kappa shape index (κ2) is 8.13. The third kappa shape index (κ3) is 4.49. The average molecular weight is 443 g/mol. The van der Waals surface area contributed by atoms with Gasteiger partial charge in [0, 0.05) is 28.2 Å². The first-order valence-electron chi connectivity index (χ1n) is 8.22. The molecule has 0 saturated heterocycles. The number of hydrogen-bond donors (Lipinski definition) is 1. The molecule has 0 aliphatic rings. The molecule has 3 aromatic rings. The van der Waals surface area contributed by atoms with Crippen LogP contribution in [0.2, 0.25) is 0 Å². The van der Waals surface area contributed by atoms with Gasteiger partial charge in [0.1, 0.15) is 6.54 Å². The van der Waals surface area contributed by atoms with Crippen LogP contribution in [0.4, 0.5) is 11.4 Å². The Labute approximate surface area is 168 Å². The van der Waals surface area contributed by atoms with Gasteiger partial charge < -0.3 is 5.32 Å². The van der Waals surface area contributed by atoms with E-state index >= 15 is 0 Å². The highest BCUT2D eigenvalue weighted by Crippen LogP contribution is 2.22. The Morgan fingerprint density at radius 3 is 2.57 bits per heavy atom. The first kappa shape index (κ1) is 19.4. The quantitative estimate of drug-likeness (QED) is 0.480. The Kier molecular flexibility index (Phi) is 5.65. The molecule has 0 bridgehead atoms. The van der Waals surface area contributed by atoms with Crippen LogP contribution in [-0.2, 0) is 11.3 Å². The fourth-order valence-corrected chi connectivity index (χ4v) is 2.79. The van der Waals surface area contributed by atoms with Gasteiger partial charge in [-0.15, -0.1) is 0 Å². The summed E-state index contributed by atoms with van der Waals surface area (Å²) in [4.78, 5) is 34.8.